The van der Waals surface area contributed by atoms with Gasteiger partial charge in [0.1, 0.15) is 24.2 Å². The lowest BCUT2D eigenvalue weighted by atomic mass is 10.1. The van der Waals surface area contributed by atoms with Crippen molar-refractivity contribution in [2.75, 3.05) is 24.5 Å². The van der Waals surface area contributed by atoms with E-state index < -0.39 is 11.9 Å². The molecule has 2 aromatic heterocycles. The number of quaternary nitrogens is 1. The quantitative estimate of drug-likeness (QED) is 0.598. The lowest BCUT2D eigenvalue weighted by Crippen LogP contribution is -2.52. The molecule has 0 unspecified atom stereocenters. The minimum atomic E-state index is -0.530. The normalized spacial score (nSPS) is 16.3. The van der Waals surface area contributed by atoms with E-state index in [0.29, 0.717) is 48.0 Å². The lowest BCUT2D eigenvalue weighted by Gasteiger charge is -2.14. The van der Waals surface area contributed by atoms with E-state index in [1.807, 2.05) is 0 Å². The molecule has 0 aliphatic carbocycles. The van der Waals surface area contributed by atoms with Crippen molar-refractivity contribution >= 4 is 11.8 Å². The van der Waals surface area contributed by atoms with Crippen LogP contribution in [0.5, 0.6) is 0 Å². The van der Waals surface area contributed by atoms with Crippen LogP contribution in [0.2, 0.25) is 0 Å². The third kappa shape index (κ3) is 3.77. The number of nitrogens with zero attached hydrogens (tertiary/aromatic N) is 6. The third-order valence-corrected chi connectivity index (χ3v) is 4.52. The summed E-state index contributed by atoms with van der Waals surface area (Å²) < 4.78 is 19.8. The first-order valence-corrected chi connectivity index (χ1v) is 9.10. The Hall–Kier alpha value is -3.44. The van der Waals surface area contributed by atoms with Crippen molar-refractivity contribution in [1.82, 2.24) is 25.2 Å². The molecule has 29 heavy (non-hydrogen) atoms. The van der Waals surface area contributed by atoms with Crippen LogP contribution in [0.3, 0.4) is 0 Å². The molecule has 1 saturated heterocycles. The molecule has 5 N–H and O–H groups in total. The van der Waals surface area contributed by atoms with Gasteiger partial charge in [0.25, 0.3) is 0 Å². The van der Waals surface area contributed by atoms with Crippen molar-refractivity contribution in [3.63, 3.8) is 0 Å². The van der Waals surface area contributed by atoms with Gasteiger partial charge in [0.05, 0.1) is 18.8 Å². The zero-order valence-electron chi connectivity index (χ0n) is 15.5. The molecule has 3 aromatic rings. The Labute approximate surface area is 165 Å². The second-order valence-electron chi connectivity index (χ2n) is 6.51. The molecule has 4 rings (SSSR count). The van der Waals surface area contributed by atoms with Gasteiger partial charge in [0.2, 0.25) is 5.82 Å². The molecule has 1 aromatic carbocycles. The van der Waals surface area contributed by atoms with E-state index in [0.717, 1.165) is 0 Å². The van der Waals surface area contributed by atoms with Crippen LogP contribution in [0.25, 0.3) is 22.6 Å². The zero-order valence-corrected chi connectivity index (χ0v) is 15.5. The van der Waals surface area contributed by atoms with Crippen LogP contribution in [-0.2, 0) is 11.3 Å². The van der Waals surface area contributed by atoms with E-state index in [1.165, 1.54) is 15.8 Å². The topological polar surface area (TPSA) is 140 Å². The largest absolute Gasteiger partial charge is 0.443 e. The minimum absolute atomic E-state index is 0.221. The van der Waals surface area contributed by atoms with Crippen molar-refractivity contribution < 1.29 is 19.7 Å². The molecule has 0 saturated carbocycles. The Kier molecular flexibility index (Phi) is 5.14. The van der Waals surface area contributed by atoms with Crippen LogP contribution in [0, 0.1) is 5.82 Å². The second-order valence-corrected chi connectivity index (χ2v) is 6.51. The predicted octanol–water partition coefficient (Wildman–Crippen LogP) is 0.0670. The Morgan fingerprint density at radius 1 is 1.31 bits per heavy atom. The van der Waals surface area contributed by atoms with E-state index in [4.69, 9.17) is 10.5 Å². The molecule has 1 aliphatic heterocycles. The SMILES string of the molecule is NC[C@H]1CN(c2ccc(-c3ccc(-c4nnn(CC[NH3+])n4)nc3)c(F)c2)C(=O)O1. The van der Waals surface area contributed by atoms with Gasteiger partial charge in [-0.2, -0.15) is 4.80 Å². The molecule has 3 heterocycles. The molecule has 150 valence electrons. The molecule has 0 spiro atoms. The van der Waals surface area contributed by atoms with Crippen molar-refractivity contribution in [2.45, 2.75) is 12.6 Å². The number of aromatic nitrogens is 5. The maximum absolute atomic E-state index is 14.7. The number of benzene rings is 1. The molecule has 10 nitrogen and oxygen atoms in total. The monoisotopic (exact) mass is 399 g/mol. The van der Waals surface area contributed by atoms with Gasteiger partial charge in [-0.25, -0.2) is 9.18 Å². The van der Waals surface area contributed by atoms with Crippen molar-refractivity contribution in [3.05, 3.63) is 42.3 Å². The first kappa shape index (κ1) is 18.9. The Morgan fingerprint density at radius 2 is 2.17 bits per heavy atom. The first-order valence-electron chi connectivity index (χ1n) is 9.10. The summed E-state index contributed by atoms with van der Waals surface area (Å²) in [4.78, 5) is 19.1. The average molecular weight is 399 g/mol. The van der Waals surface area contributed by atoms with Gasteiger partial charge < -0.3 is 16.2 Å². The fourth-order valence-corrected chi connectivity index (χ4v) is 3.03. The van der Waals surface area contributed by atoms with Crippen LogP contribution in [0.15, 0.2) is 36.5 Å². The van der Waals surface area contributed by atoms with E-state index in [9.17, 15) is 9.18 Å². The van der Waals surface area contributed by atoms with Gasteiger partial charge in [-0.1, -0.05) is 6.07 Å². The highest BCUT2D eigenvalue weighted by molar-refractivity contribution is 5.90. The molecule has 0 bridgehead atoms. The maximum atomic E-state index is 14.7. The predicted molar refractivity (Wildman–Crippen MR) is 101 cm³/mol. The van der Waals surface area contributed by atoms with E-state index in [-0.39, 0.29) is 12.6 Å². The van der Waals surface area contributed by atoms with Crippen LogP contribution >= 0.6 is 0 Å². The second kappa shape index (κ2) is 7.89. The number of hydrogen-bond donors (Lipinski definition) is 2. The Balaban J connectivity index is 1.54. The minimum Gasteiger partial charge on any atom is -0.443 e. The number of amides is 1. The highest BCUT2D eigenvalue weighted by atomic mass is 19.1. The summed E-state index contributed by atoms with van der Waals surface area (Å²) in [5, 5.41) is 12.1. The number of pyridine rings is 1. The molecular formula is C18H20FN8O2+. The standard InChI is InChI=1S/C18H19FN8O2/c19-15-7-12(26-10-13(8-21)29-18(26)28)2-3-14(15)11-1-4-16(22-9-11)17-23-25-27(24-17)6-5-20/h1-4,7,9,13H,5-6,8,10,20-21H2/p+1/t13-/m0/s1. The van der Waals surface area contributed by atoms with E-state index in [2.05, 4.69) is 26.1 Å². The smallest absolute Gasteiger partial charge is 0.414 e. The van der Waals surface area contributed by atoms with Crippen LogP contribution < -0.4 is 16.4 Å². The number of cyclic esters (lactones) is 1. The number of ether oxygens (including phenoxy) is 1. The third-order valence-electron chi connectivity index (χ3n) is 4.52. The van der Waals surface area contributed by atoms with Gasteiger partial charge in [0.15, 0.2) is 0 Å². The van der Waals surface area contributed by atoms with Gasteiger partial charge in [-0.05, 0) is 29.5 Å². The number of carbonyl (C=O) groups excluding carboxylic acids is 1. The summed E-state index contributed by atoms with van der Waals surface area (Å²) in [7, 11) is 0. The number of halogens is 1. The summed E-state index contributed by atoms with van der Waals surface area (Å²) in [6, 6.07) is 8.01. The van der Waals surface area contributed by atoms with Gasteiger partial charge >= 0.3 is 6.09 Å². The number of hydrogen-bond acceptors (Lipinski definition) is 7. The first-order chi connectivity index (χ1) is 14.1. The van der Waals surface area contributed by atoms with Crippen molar-refractivity contribution in [2.24, 2.45) is 5.73 Å². The summed E-state index contributed by atoms with van der Waals surface area (Å²) in [6.07, 6.45) is 0.629. The highest BCUT2D eigenvalue weighted by Gasteiger charge is 2.31. The maximum Gasteiger partial charge on any atom is 0.414 e. The number of rotatable bonds is 6. The summed E-state index contributed by atoms with van der Waals surface area (Å²) in [5.41, 5.74) is 11.2. The average Bonchev–Trinajstić information content (AvgIpc) is 3.35. The number of anilines is 1. The number of nitrogens with two attached hydrogens (primary N) is 1. The molecule has 1 atom stereocenters. The zero-order chi connectivity index (χ0) is 20.4. The summed E-state index contributed by atoms with van der Waals surface area (Å²) in [6.45, 7) is 1.74. The molecular weight excluding hydrogens is 379 g/mol. The van der Waals surface area contributed by atoms with Gasteiger partial charge in [-0.3, -0.25) is 9.88 Å². The van der Waals surface area contributed by atoms with E-state index >= 15 is 0 Å². The van der Waals surface area contributed by atoms with Crippen molar-refractivity contribution in [3.8, 4) is 22.6 Å². The number of carbonyl (C=O) groups is 1. The van der Waals surface area contributed by atoms with Crippen LogP contribution in [0.4, 0.5) is 14.9 Å². The van der Waals surface area contributed by atoms with Gasteiger partial charge in [-0.15, -0.1) is 10.2 Å². The van der Waals surface area contributed by atoms with Gasteiger partial charge in [0, 0.05) is 23.9 Å². The van der Waals surface area contributed by atoms with Crippen molar-refractivity contribution in [1.29, 1.82) is 0 Å². The fraction of sp³-hybridized carbons (Fsp3) is 0.278. The molecule has 11 heteroatoms. The summed E-state index contributed by atoms with van der Waals surface area (Å²) >= 11 is 0. The summed E-state index contributed by atoms with van der Waals surface area (Å²) in [5.74, 6) is -0.0802. The molecule has 1 amide bonds. The van der Waals surface area contributed by atoms with Crippen LogP contribution in [0.1, 0.15) is 0 Å². The molecule has 0 radical (unpaired) electrons. The lowest BCUT2D eigenvalue weighted by molar-refractivity contribution is -0.370. The molecule has 1 aliphatic rings. The van der Waals surface area contributed by atoms with E-state index in [1.54, 1.807) is 30.5 Å². The van der Waals surface area contributed by atoms with Crippen LogP contribution in [-0.4, -0.2) is 57.0 Å². The Bertz CT molecular complexity index is 1020. The fourth-order valence-electron chi connectivity index (χ4n) is 3.03. The highest BCUT2D eigenvalue weighted by Crippen LogP contribution is 2.29. The Morgan fingerprint density at radius 3 is 2.83 bits per heavy atom. The number of tetrazole rings is 1. The molecule has 1 fully saturated rings.